The van der Waals surface area contributed by atoms with Crippen molar-refractivity contribution in [1.29, 1.82) is 0 Å². The third-order valence-corrected chi connectivity index (χ3v) is 4.85. The zero-order valence-electron chi connectivity index (χ0n) is 14.0. The van der Waals surface area contributed by atoms with Crippen molar-refractivity contribution < 1.29 is 4.74 Å². The predicted molar refractivity (Wildman–Crippen MR) is 100 cm³/mol. The number of benzene rings is 2. The number of fused-ring (bicyclic) bond motifs is 1. The van der Waals surface area contributed by atoms with Gasteiger partial charge >= 0.3 is 0 Å². The average Bonchev–Trinajstić information content (AvgIpc) is 3.30. The molecule has 25 heavy (non-hydrogen) atoms. The van der Waals surface area contributed by atoms with Gasteiger partial charge in [0, 0.05) is 18.3 Å². The van der Waals surface area contributed by atoms with Crippen LogP contribution in [-0.4, -0.2) is 24.7 Å². The topological polar surface area (TPSA) is 41.4 Å². The van der Waals surface area contributed by atoms with Gasteiger partial charge in [-0.3, -0.25) is 0 Å². The summed E-state index contributed by atoms with van der Waals surface area (Å²) in [6.07, 6.45) is 3.32. The van der Waals surface area contributed by atoms with Crippen LogP contribution in [0.3, 0.4) is 0 Å². The zero-order valence-corrected chi connectivity index (χ0v) is 14.0. The number of H-pyrrole nitrogens is 1. The molecule has 1 fully saturated rings. The number of nitrogens with one attached hydrogen (secondary N) is 2. The van der Waals surface area contributed by atoms with Crippen LogP contribution < -0.4 is 10.1 Å². The summed E-state index contributed by atoms with van der Waals surface area (Å²) in [6, 6.07) is 15.8. The van der Waals surface area contributed by atoms with Gasteiger partial charge in [0.05, 0.1) is 6.57 Å². The molecule has 4 nitrogen and oxygen atoms in total. The highest BCUT2D eigenvalue weighted by Gasteiger charge is 2.39. The minimum atomic E-state index is 0.595. The number of ether oxygens (including phenoxy) is 1. The van der Waals surface area contributed by atoms with Crippen molar-refractivity contribution in [3.05, 3.63) is 71.7 Å². The average molecular weight is 331 g/mol. The molecule has 0 aliphatic heterocycles. The number of hydrogen-bond acceptors (Lipinski definition) is 2. The lowest BCUT2D eigenvalue weighted by molar-refractivity contribution is 0.313. The first-order chi connectivity index (χ1) is 12.3. The van der Waals surface area contributed by atoms with Crippen LogP contribution in [0.15, 0.2) is 54.7 Å². The molecule has 2 atom stereocenters. The first-order valence-corrected chi connectivity index (χ1v) is 8.72. The fourth-order valence-electron chi connectivity index (χ4n) is 3.41. The van der Waals surface area contributed by atoms with E-state index in [9.17, 15) is 0 Å². The molecule has 4 rings (SSSR count). The van der Waals surface area contributed by atoms with Gasteiger partial charge in [-0.15, -0.1) is 0 Å². The Hall–Kier alpha value is -2.77. The van der Waals surface area contributed by atoms with Gasteiger partial charge < -0.3 is 15.0 Å². The fourth-order valence-corrected chi connectivity index (χ4v) is 3.41. The molecule has 3 aromatic rings. The van der Waals surface area contributed by atoms with Crippen molar-refractivity contribution in [2.24, 2.45) is 5.92 Å². The van der Waals surface area contributed by atoms with Gasteiger partial charge in [-0.05, 0) is 60.0 Å². The number of nitrogens with zero attached hydrogens (tertiary/aromatic N) is 1. The number of aromatic nitrogens is 1. The van der Waals surface area contributed by atoms with Crippen LogP contribution in [0.2, 0.25) is 0 Å². The van der Waals surface area contributed by atoms with Gasteiger partial charge in [0.25, 0.3) is 0 Å². The summed E-state index contributed by atoms with van der Waals surface area (Å²) in [6.45, 7) is 9.74. The van der Waals surface area contributed by atoms with Crippen molar-refractivity contribution in [3.8, 4) is 5.75 Å². The Morgan fingerprint density at radius 1 is 1.20 bits per heavy atom. The SMILES string of the molecule is [C-]#[N+]c1ccc2[nH]cc(C3CC3CNCCOc3ccccc3)c2c1. The third kappa shape index (κ3) is 3.52. The van der Waals surface area contributed by atoms with Crippen LogP contribution in [0.25, 0.3) is 15.7 Å². The van der Waals surface area contributed by atoms with Crippen molar-refractivity contribution >= 4 is 16.6 Å². The second-order valence-corrected chi connectivity index (χ2v) is 6.55. The summed E-state index contributed by atoms with van der Waals surface area (Å²) in [5.41, 5.74) is 3.19. The molecular formula is C21H21N3O. The molecule has 2 unspecified atom stereocenters. The van der Waals surface area contributed by atoms with Crippen molar-refractivity contribution in [1.82, 2.24) is 10.3 Å². The standard InChI is InChI=1S/C21H21N3O/c1-22-16-7-8-21-19(12-16)20(14-24-21)18-11-15(18)13-23-9-10-25-17-5-3-2-4-6-17/h2-8,12,14-15,18,23-24H,9-11,13H2. The highest BCUT2D eigenvalue weighted by atomic mass is 16.5. The lowest BCUT2D eigenvalue weighted by Crippen LogP contribution is -2.23. The Labute approximate surface area is 147 Å². The molecule has 0 amide bonds. The van der Waals surface area contributed by atoms with Crippen LogP contribution in [0, 0.1) is 12.5 Å². The fraction of sp³-hybridized carbons (Fsp3) is 0.286. The molecule has 0 bridgehead atoms. The molecule has 126 valence electrons. The van der Waals surface area contributed by atoms with Crippen LogP contribution in [0.4, 0.5) is 5.69 Å². The van der Waals surface area contributed by atoms with E-state index in [4.69, 9.17) is 11.3 Å². The molecule has 1 aliphatic rings. The number of hydrogen-bond donors (Lipinski definition) is 2. The molecule has 0 spiro atoms. The van der Waals surface area contributed by atoms with E-state index in [-0.39, 0.29) is 0 Å². The van der Waals surface area contributed by atoms with E-state index in [0.29, 0.717) is 24.1 Å². The molecule has 1 aromatic heterocycles. The summed E-state index contributed by atoms with van der Waals surface area (Å²) < 4.78 is 5.69. The largest absolute Gasteiger partial charge is 0.492 e. The zero-order chi connectivity index (χ0) is 17.1. The van der Waals surface area contributed by atoms with E-state index in [1.807, 2.05) is 48.5 Å². The molecule has 0 saturated heterocycles. The molecular weight excluding hydrogens is 310 g/mol. The van der Waals surface area contributed by atoms with E-state index in [1.165, 1.54) is 17.4 Å². The summed E-state index contributed by atoms with van der Waals surface area (Å²) in [7, 11) is 0. The molecule has 4 heteroatoms. The Morgan fingerprint density at radius 3 is 2.92 bits per heavy atom. The highest BCUT2D eigenvalue weighted by molar-refractivity contribution is 5.87. The number of para-hydroxylation sites is 1. The van der Waals surface area contributed by atoms with Gasteiger partial charge in [0.2, 0.25) is 0 Å². The smallest absolute Gasteiger partial charge is 0.187 e. The second kappa shape index (κ2) is 7.00. The van der Waals surface area contributed by atoms with Gasteiger partial charge in [-0.25, -0.2) is 4.85 Å². The van der Waals surface area contributed by atoms with Crippen molar-refractivity contribution in [3.63, 3.8) is 0 Å². The lowest BCUT2D eigenvalue weighted by Gasteiger charge is -2.07. The summed E-state index contributed by atoms with van der Waals surface area (Å²) in [5.74, 6) is 2.19. The third-order valence-electron chi connectivity index (χ3n) is 4.85. The monoisotopic (exact) mass is 331 g/mol. The van der Waals surface area contributed by atoms with Crippen LogP contribution >= 0.6 is 0 Å². The molecule has 1 saturated carbocycles. The van der Waals surface area contributed by atoms with E-state index in [2.05, 4.69) is 21.3 Å². The Balaban J connectivity index is 1.26. The first kappa shape index (κ1) is 15.7. The van der Waals surface area contributed by atoms with Gasteiger partial charge in [0.1, 0.15) is 12.4 Å². The number of aromatic amines is 1. The van der Waals surface area contributed by atoms with Gasteiger partial charge in [-0.1, -0.05) is 24.3 Å². The Bertz CT molecular complexity index is 894. The quantitative estimate of drug-likeness (QED) is 0.495. The minimum Gasteiger partial charge on any atom is -0.492 e. The van der Waals surface area contributed by atoms with Crippen LogP contribution in [-0.2, 0) is 0 Å². The van der Waals surface area contributed by atoms with E-state index >= 15 is 0 Å². The predicted octanol–water partition coefficient (Wildman–Crippen LogP) is 4.49. The second-order valence-electron chi connectivity index (χ2n) is 6.55. The Kier molecular flexibility index (Phi) is 4.41. The van der Waals surface area contributed by atoms with Crippen molar-refractivity contribution in [2.45, 2.75) is 12.3 Å². The van der Waals surface area contributed by atoms with Crippen LogP contribution in [0.1, 0.15) is 17.9 Å². The van der Waals surface area contributed by atoms with Crippen LogP contribution in [0.5, 0.6) is 5.75 Å². The van der Waals surface area contributed by atoms with Gasteiger partial charge in [0.15, 0.2) is 5.69 Å². The molecule has 2 aromatic carbocycles. The maximum absolute atomic E-state index is 7.19. The number of rotatable bonds is 7. The maximum atomic E-state index is 7.19. The summed E-state index contributed by atoms with van der Waals surface area (Å²) in [4.78, 5) is 6.88. The Morgan fingerprint density at radius 2 is 2.08 bits per heavy atom. The van der Waals surface area contributed by atoms with E-state index < -0.39 is 0 Å². The lowest BCUT2D eigenvalue weighted by atomic mass is 10.1. The molecule has 1 aliphatic carbocycles. The normalized spacial score (nSPS) is 18.8. The van der Waals surface area contributed by atoms with E-state index in [0.717, 1.165) is 24.4 Å². The first-order valence-electron chi connectivity index (χ1n) is 8.72. The summed E-state index contributed by atoms with van der Waals surface area (Å²) >= 11 is 0. The van der Waals surface area contributed by atoms with Gasteiger partial charge in [-0.2, -0.15) is 0 Å². The summed E-state index contributed by atoms with van der Waals surface area (Å²) in [5, 5.41) is 4.70. The molecule has 1 heterocycles. The minimum absolute atomic E-state index is 0.595. The van der Waals surface area contributed by atoms with Crippen molar-refractivity contribution in [2.75, 3.05) is 19.7 Å². The highest BCUT2D eigenvalue weighted by Crippen LogP contribution is 2.49. The maximum Gasteiger partial charge on any atom is 0.187 e. The van der Waals surface area contributed by atoms with E-state index in [1.54, 1.807) is 0 Å². The molecule has 0 radical (unpaired) electrons. The molecule has 2 N–H and O–H groups in total.